The molecule has 1 heterocycles. The zero-order valence-corrected chi connectivity index (χ0v) is 12.4. The molecule has 1 amide bonds. The highest BCUT2D eigenvalue weighted by Crippen LogP contribution is 2.45. The quantitative estimate of drug-likeness (QED) is 0.803. The summed E-state index contributed by atoms with van der Waals surface area (Å²) in [5, 5.41) is 12.3. The van der Waals surface area contributed by atoms with Crippen LogP contribution in [-0.2, 0) is 4.79 Å². The topological polar surface area (TPSA) is 52.6 Å². The zero-order chi connectivity index (χ0) is 14.0. The number of nitrogens with one attached hydrogen (secondary N) is 1. The molecule has 114 valence electrons. The first-order valence-corrected chi connectivity index (χ1v) is 8.37. The lowest BCUT2D eigenvalue weighted by atomic mass is 9.94. The van der Waals surface area contributed by atoms with Crippen molar-refractivity contribution < 1.29 is 9.90 Å². The summed E-state index contributed by atoms with van der Waals surface area (Å²) in [6, 6.07) is 0.802. The van der Waals surface area contributed by atoms with Crippen molar-refractivity contribution in [2.24, 2.45) is 11.3 Å². The maximum Gasteiger partial charge on any atom is 0.228 e. The van der Waals surface area contributed by atoms with Crippen LogP contribution in [-0.4, -0.2) is 48.2 Å². The molecule has 1 atom stereocenters. The highest BCUT2D eigenvalue weighted by atomic mass is 16.3. The van der Waals surface area contributed by atoms with Crippen molar-refractivity contribution in [1.82, 2.24) is 10.2 Å². The van der Waals surface area contributed by atoms with Gasteiger partial charge in [-0.1, -0.05) is 19.3 Å². The van der Waals surface area contributed by atoms with E-state index in [1.54, 1.807) is 0 Å². The summed E-state index contributed by atoms with van der Waals surface area (Å²) in [6.45, 7) is 3.16. The predicted molar refractivity (Wildman–Crippen MR) is 78.3 cm³/mol. The SMILES string of the molecule is O=C(NCC1CCN(C2CCCCC2)C1)C1(CO)CC1. The van der Waals surface area contributed by atoms with Crippen molar-refractivity contribution in [3.05, 3.63) is 0 Å². The van der Waals surface area contributed by atoms with Crippen molar-refractivity contribution >= 4 is 5.91 Å². The Hall–Kier alpha value is -0.610. The number of hydrogen-bond donors (Lipinski definition) is 2. The number of aliphatic hydroxyl groups is 1. The largest absolute Gasteiger partial charge is 0.395 e. The maximum atomic E-state index is 12.0. The number of carbonyl (C=O) groups is 1. The first kappa shape index (κ1) is 14.3. The van der Waals surface area contributed by atoms with Gasteiger partial charge in [-0.05, 0) is 44.6 Å². The number of carbonyl (C=O) groups excluding carboxylic acids is 1. The van der Waals surface area contributed by atoms with E-state index in [9.17, 15) is 9.90 Å². The Bertz CT molecular complexity index is 348. The minimum Gasteiger partial charge on any atom is -0.395 e. The second-order valence-electron chi connectivity index (χ2n) is 7.09. The van der Waals surface area contributed by atoms with E-state index in [0.717, 1.165) is 32.0 Å². The molecule has 3 rings (SSSR count). The summed E-state index contributed by atoms with van der Waals surface area (Å²) in [6.07, 6.45) is 9.85. The van der Waals surface area contributed by atoms with Gasteiger partial charge in [0.2, 0.25) is 5.91 Å². The third kappa shape index (κ3) is 3.01. The fraction of sp³-hybridized carbons (Fsp3) is 0.938. The summed E-state index contributed by atoms with van der Waals surface area (Å²) in [5.41, 5.74) is -0.415. The number of amides is 1. The van der Waals surface area contributed by atoms with Crippen LogP contribution in [0.3, 0.4) is 0 Å². The van der Waals surface area contributed by atoms with Gasteiger partial charge < -0.3 is 15.3 Å². The lowest BCUT2D eigenvalue weighted by Gasteiger charge is -2.31. The Kier molecular flexibility index (Phi) is 4.32. The van der Waals surface area contributed by atoms with Crippen molar-refractivity contribution in [1.29, 1.82) is 0 Å². The van der Waals surface area contributed by atoms with Gasteiger partial charge in [0.15, 0.2) is 0 Å². The monoisotopic (exact) mass is 280 g/mol. The van der Waals surface area contributed by atoms with Gasteiger partial charge in [-0.25, -0.2) is 0 Å². The fourth-order valence-electron chi connectivity index (χ4n) is 3.84. The molecule has 4 nitrogen and oxygen atoms in total. The molecule has 0 aromatic rings. The van der Waals surface area contributed by atoms with E-state index in [4.69, 9.17) is 0 Å². The van der Waals surface area contributed by atoms with Crippen molar-refractivity contribution in [3.8, 4) is 0 Å². The average Bonchev–Trinajstić information content (AvgIpc) is 3.17. The van der Waals surface area contributed by atoms with Crippen LogP contribution in [0.4, 0.5) is 0 Å². The lowest BCUT2D eigenvalue weighted by molar-refractivity contribution is -0.127. The van der Waals surface area contributed by atoms with Crippen LogP contribution in [0.25, 0.3) is 0 Å². The van der Waals surface area contributed by atoms with Crippen LogP contribution < -0.4 is 5.32 Å². The highest BCUT2D eigenvalue weighted by Gasteiger charge is 2.49. The second kappa shape index (κ2) is 6.02. The number of rotatable bonds is 5. The summed E-state index contributed by atoms with van der Waals surface area (Å²) in [7, 11) is 0. The van der Waals surface area contributed by atoms with Crippen LogP contribution in [0.15, 0.2) is 0 Å². The van der Waals surface area contributed by atoms with Crippen molar-refractivity contribution in [3.63, 3.8) is 0 Å². The van der Waals surface area contributed by atoms with E-state index in [-0.39, 0.29) is 12.5 Å². The van der Waals surface area contributed by atoms with E-state index in [2.05, 4.69) is 10.2 Å². The first-order chi connectivity index (χ1) is 9.73. The van der Waals surface area contributed by atoms with Gasteiger partial charge in [-0.2, -0.15) is 0 Å². The minimum absolute atomic E-state index is 0.0116. The molecule has 2 aliphatic carbocycles. The summed E-state index contributed by atoms with van der Waals surface area (Å²) in [4.78, 5) is 14.7. The summed E-state index contributed by atoms with van der Waals surface area (Å²) >= 11 is 0. The second-order valence-corrected chi connectivity index (χ2v) is 7.09. The normalized spacial score (nSPS) is 30.4. The molecule has 1 unspecified atom stereocenters. The number of aliphatic hydroxyl groups excluding tert-OH is 1. The van der Waals surface area contributed by atoms with E-state index < -0.39 is 5.41 Å². The van der Waals surface area contributed by atoms with Gasteiger partial charge in [0.25, 0.3) is 0 Å². The predicted octanol–water partition coefficient (Wildman–Crippen LogP) is 1.53. The number of nitrogens with zero attached hydrogens (tertiary/aromatic N) is 1. The number of likely N-dealkylation sites (tertiary alicyclic amines) is 1. The smallest absolute Gasteiger partial charge is 0.228 e. The van der Waals surface area contributed by atoms with E-state index >= 15 is 0 Å². The van der Waals surface area contributed by atoms with E-state index in [1.165, 1.54) is 45.1 Å². The highest BCUT2D eigenvalue weighted by molar-refractivity contribution is 5.85. The van der Waals surface area contributed by atoms with Crippen LogP contribution in [0.1, 0.15) is 51.4 Å². The maximum absolute atomic E-state index is 12.0. The molecule has 0 bridgehead atoms. The summed E-state index contributed by atoms with van der Waals surface area (Å²) in [5.74, 6) is 0.687. The van der Waals surface area contributed by atoms with Crippen molar-refractivity contribution in [2.45, 2.75) is 57.4 Å². The van der Waals surface area contributed by atoms with Gasteiger partial charge in [0.1, 0.15) is 0 Å². The zero-order valence-electron chi connectivity index (χ0n) is 12.4. The molecule has 0 radical (unpaired) electrons. The van der Waals surface area contributed by atoms with Crippen molar-refractivity contribution in [2.75, 3.05) is 26.2 Å². The van der Waals surface area contributed by atoms with E-state index in [1.807, 2.05) is 0 Å². The molecule has 20 heavy (non-hydrogen) atoms. The van der Waals surface area contributed by atoms with E-state index in [0.29, 0.717) is 5.92 Å². The van der Waals surface area contributed by atoms with Gasteiger partial charge >= 0.3 is 0 Å². The molecular weight excluding hydrogens is 252 g/mol. The Morgan fingerprint density at radius 2 is 1.95 bits per heavy atom. The fourth-order valence-corrected chi connectivity index (χ4v) is 3.84. The molecule has 1 aliphatic heterocycles. The first-order valence-electron chi connectivity index (χ1n) is 8.37. The Balaban J connectivity index is 1.40. The molecule has 4 heteroatoms. The van der Waals surface area contributed by atoms with Crippen LogP contribution in [0, 0.1) is 11.3 Å². The third-order valence-electron chi connectivity index (χ3n) is 5.60. The minimum atomic E-state index is -0.415. The molecule has 2 saturated carbocycles. The number of hydrogen-bond acceptors (Lipinski definition) is 3. The third-order valence-corrected chi connectivity index (χ3v) is 5.60. The van der Waals surface area contributed by atoms with Gasteiger partial charge in [-0.3, -0.25) is 4.79 Å². The molecule has 3 aliphatic rings. The molecule has 0 aromatic heterocycles. The average molecular weight is 280 g/mol. The van der Waals surface area contributed by atoms with Gasteiger partial charge in [0, 0.05) is 19.1 Å². The molecule has 3 fully saturated rings. The molecule has 0 aromatic carbocycles. The molecule has 1 saturated heterocycles. The Morgan fingerprint density at radius 1 is 1.20 bits per heavy atom. The van der Waals surface area contributed by atoms with Crippen LogP contribution in [0.2, 0.25) is 0 Å². The van der Waals surface area contributed by atoms with Crippen LogP contribution >= 0.6 is 0 Å². The molecular formula is C16H28N2O2. The lowest BCUT2D eigenvalue weighted by Crippen LogP contribution is -2.39. The van der Waals surface area contributed by atoms with Crippen LogP contribution in [0.5, 0.6) is 0 Å². The Labute approximate surface area is 121 Å². The van der Waals surface area contributed by atoms with Gasteiger partial charge in [-0.15, -0.1) is 0 Å². The molecule has 2 N–H and O–H groups in total. The summed E-state index contributed by atoms with van der Waals surface area (Å²) < 4.78 is 0. The molecule has 0 spiro atoms. The Morgan fingerprint density at radius 3 is 2.60 bits per heavy atom. The standard InChI is InChI=1S/C16H28N2O2/c19-12-16(7-8-16)15(20)17-10-13-6-9-18(11-13)14-4-2-1-3-5-14/h13-14,19H,1-12H2,(H,17,20). The van der Waals surface area contributed by atoms with Gasteiger partial charge in [0.05, 0.1) is 12.0 Å².